The van der Waals surface area contributed by atoms with E-state index in [0.29, 0.717) is 0 Å². The van der Waals surface area contributed by atoms with Crippen molar-refractivity contribution in [3.8, 4) is 0 Å². The van der Waals surface area contributed by atoms with Crippen LogP contribution >= 0.6 is 0 Å². The molecule has 4 heterocycles. The lowest BCUT2D eigenvalue weighted by Crippen LogP contribution is -2.65. The molecule has 210 valence electrons. The molecule has 5 rings (SSSR count). The van der Waals surface area contributed by atoms with Crippen molar-refractivity contribution in [2.45, 2.75) is 95.1 Å². The largest absolute Gasteiger partial charge is 0.455 e. The van der Waals surface area contributed by atoms with Crippen LogP contribution in [0.1, 0.15) is 39.5 Å². The zero-order valence-corrected chi connectivity index (χ0v) is 22.0. The summed E-state index contributed by atoms with van der Waals surface area (Å²) in [4.78, 5) is 24.3. The molecule has 0 amide bonds. The highest BCUT2D eigenvalue weighted by molar-refractivity contribution is 5.67. The molecule has 4 saturated heterocycles. The maximum atomic E-state index is 12.2. The molecule has 0 bridgehead atoms. The van der Waals surface area contributed by atoms with E-state index in [1.54, 1.807) is 13.8 Å². The minimum Gasteiger partial charge on any atom is -0.455 e. The van der Waals surface area contributed by atoms with Crippen LogP contribution in [0.25, 0.3) is 0 Å². The van der Waals surface area contributed by atoms with E-state index in [9.17, 15) is 9.59 Å². The third kappa shape index (κ3) is 5.73. The number of hydrogen-bond donors (Lipinski definition) is 0. The highest BCUT2D eigenvalue weighted by Crippen LogP contribution is 2.40. The molecule has 0 unspecified atom stereocenters. The third-order valence-corrected chi connectivity index (χ3v) is 6.72. The smallest absolute Gasteiger partial charge is 0.303 e. The van der Waals surface area contributed by atoms with Crippen molar-refractivity contribution in [1.29, 1.82) is 0 Å². The zero-order chi connectivity index (χ0) is 27.0. The Hall–Kier alpha value is -2.16. The van der Waals surface area contributed by atoms with Gasteiger partial charge >= 0.3 is 11.9 Å². The summed E-state index contributed by atoms with van der Waals surface area (Å²) in [7, 11) is 1.52. The minimum absolute atomic E-state index is 0.0984. The van der Waals surface area contributed by atoms with Crippen molar-refractivity contribution in [2.75, 3.05) is 20.3 Å². The van der Waals surface area contributed by atoms with Gasteiger partial charge in [-0.3, -0.25) is 9.59 Å². The lowest BCUT2D eigenvalue weighted by Gasteiger charge is -2.49. The number of carbonyl (C=O) groups excluding carboxylic acids is 2. The Morgan fingerprint density at radius 1 is 0.842 bits per heavy atom. The van der Waals surface area contributed by atoms with Crippen LogP contribution in [0.3, 0.4) is 0 Å². The molecule has 12 heteroatoms. The van der Waals surface area contributed by atoms with E-state index in [2.05, 4.69) is 0 Å². The van der Waals surface area contributed by atoms with Gasteiger partial charge in [-0.1, -0.05) is 30.3 Å². The Morgan fingerprint density at radius 2 is 1.53 bits per heavy atom. The van der Waals surface area contributed by atoms with Crippen LogP contribution in [-0.2, 0) is 57.0 Å². The molecule has 0 saturated carbocycles. The van der Waals surface area contributed by atoms with Gasteiger partial charge in [0.2, 0.25) is 0 Å². The summed E-state index contributed by atoms with van der Waals surface area (Å²) in [6.07, 6.45) is -7.95. The molecule has 1 aromatic rings. The van der Waals surface area contributed by atoms with Crippen LogP contribution in [-0.4, -0.2) is 93.4 Å². The van der Waals surface area contributed by atoms with E-state index >= 15 is 0 Å². The topological polar surface area (TPSA) is 126 Å². The summed E-state index contributed by atoms with van der Waals surface area (Å²) in [5, 5.41) is 0. The molecule has 10 atom stereocenters. The highest BCUT2D eigenvalue weighted by atomic mass is 16.8. The molecule has 4 aliphatic rings. The summed E-state index contributed by atoms with van der Waals surface area (Å²) in [6, 6.07) is 9.34. The van der Waals surface area contributed by atoms with Gasteiger partial charge in [-0.25, -0.2) is 0 Å². The number of rotatable bonds is 6. The first-order chi connectivity index (χ1) is 18.1. The second-order valence-corrected chi connectivity index (χ2v) is 10.0. The number of fused-ring (bicyclic) bond motifs is 2. The first-order valence-electron chi connectivity index (χ1n) is 12.6. The fourth-order valence-electron chi connectivity index (χ4n) is 5.26. The zero-order valence-electron chi connectivity index (χ0n) is 22.0. The normalized spacial score (nSPS) is 40.0. The van der Waals surface area contributed by atoms with E-state index in [1.165, 1.54) is 21.0 Å². The van der Waals surface area contributed by atoms with Gasteiger partial charge in [0.25, 0.3) is 0 Å². The van der Waals surface area contributed by atoms with Crippen LogP contribution in [0.2, 0.25) is 0 Å². The average molecular weight is 539 g/mol. The van der Waals surface area contributed by atoms with E-state index in [4.69, 9.17) is 47.4 Å². The van der Waals surface area contributed by atoms with Gasteiger partial charge in [-0.05, 0) is 13.8 Å². The minimum atomic E-state index is -1.15. The van der Waals surface area contributed by atoms with Gasteiger partial charge in [-0.15, -0.1) is 0 Å². The lowest BCUT2D eigenvalue weighted by atomic mass is 9.96. The second kappa shape index (κ2) is 11.1. The molecule has 4 fully saturated rings. The van der Waals surface area contributed by atoms with Gasteiger partial charge in [0.1, 0.15) is 30.5 Å². The van der Waals surface area contributed by atoms with Crippen molar-refractivity contribution in [3.05, 3.63) is 35.9 Å². The molecule has 1 aromatic carbocycles. The second-order valence-electron chi connectivity index (χ2n) is 10.0. The summed E-state index contributed by atoms with van der Waals surface area (Å²) in [5.41, 5.74) is 0.786. The molecular formula is C26H34O12. The van der Waals surface area contributed by atoms with Gasteiger partial charge in [-0.2, -0.15) is 0 Å². The number of carbonyl (C=O) groups is 2. The Labute approximate surface area is 220 Å². The van der Waals surface area contributed by atoms with Crippen molar-refractivity contribution in [3.63, 3.8) is 0 Å². The van der Waals surface area contributed by atoms with E-state index < -0.39 is 79.3 Å². The number of benzene rings is 1. The Kier molecular flexibility index (Phi) is 8.04. The average Bonchev–Trinajstić information content (AvgIpc) is 3.21. The first kappa shape index (κ1) is 27.4. The third-order valence-electron chi connectivity index (χ3n) is 6.72. The van der Waals surface area contributed by atoms with Gasteiger partial charge < -0.3 is 47.4 Å². The number of hydrogen-bond acceptors (Lipinski definition) is 12. The summed E-state index contributed by atoms with van der Waals surface area (Å²) >= 11 is 0. The summed E-state index contributed by atoms with van der Waals surface area (Å²) in [6.45, 7) is 6.33. The fraction of sp³-hybridized carbons (Fsp3) is 0.692. The molecule has 4 aliphatic heterocycles. The Balaban J connectivity index is 1.39. The van der Waals surface area contributed by atoms with E-state index in [1.807, 2.05) is 30.3 Å². The maximum absolute atomic E-state index is 12.2. The van der Waals surface area contributed by atoms with Crippen molar-refractivity contribution < 1.29 is 57.0 Å². The predicted octanol–water partition coefficient (Wildman–Crippen LogP) is 1.60. The van der Waals surface area contributed by atoms with Gasteiger partial charge in [0.05, 0.1) is 13.2 Å². The van der Waals surface area contributed by atoms with Crippen molar-refractivity contribution in [1.82, 2.24) is 0 Å². The predicted molar refractivity (Wildman–Crippen MR) is 125 cm³/mol. The molecule has 0 radical (unpaired) electrons. The van der Waals surface area contributed by atoms with Crippen LogP contribution in [0.5, 0.6) is 0 Å². The SMILES string of the molecule is CO[C@@H]1OC[C@@H](O[C@H]2O[C@@H]3CO[C@@H](c4ccccc4)O[C@H]3[C@H](OC(C)=O)[C@@H]2OC(C)=O)[C@@H]2OC(C)(C)O[C@@H]12. The molecule has 0 spiro atoms. The summed E-state index contributed by atoms with van der Waals surface area (Å²) < 4.78 is 59.3. The number of ether oxygens (including phenoxy) is 10. The van der Waals surface area contributed by atoms with Crippen LogP contribution in [0.15, 0.2) is 30.3 Å². The maximum Gasteiger partial charge on any atom is 0.303 e. The van der Waals surface area contributed by atoms with Crippen LogP contribution < -0.4 is 0 Å². The van der Waals surface area contributed by atoms with E-state index in [0.717, 1.165) is 5.56 Å². The van der Waals surface area contributed by atoms with Crippen LogP contribution in [0, 0.1) is 0 Å². The quantitative estimate of drug-likeness (QED) is 0.488. The number of methoxy groups -OCH3 is 1. The van der Waals surface area contributed by atoms with Gasteiger partial charge in [0, 0.05) is 26.5 Å². The standard InChI is InChI=1S/C26H34O12/c1-13(27)32-20-18-16(11-30-23(36-18)15-9-7-6-8-10-15)34-25(21(20)33-14(2)28)35-17-12-31-24(29-5)22-19(17)37-26(3,4)38-22/h6-10,16-25H,11-12H2,1-5H3/t16-,17-,18-,19+,20+,21+,22-,23-,24-,25-/m1/s1. The molecule has 38 heavy (non-hydrogen) atoms. The summed E-state index contributed by atoms with van der Waals surface area (Å²) in [5.74, 6) is -2.07. The molecule has 0 aromatic heterocycles. The van der Waals surface area contributed by atoms with Crippen LogP contribution in [0.4, 0.5) is 0 Å². The fourth-order valence-corrected chi connectivity index (χ4v) is 5.26. The Bertz CT molecular complexity index is 986. The van der Waals surface area contributed by atoms with Crippen molar-refractivity contribution in [2.24, 2.45) is 0 Å². The Morgan fingerprint density at radius 3 is 2.21 bits per heavy atom. The van der Waals surface area contributed by atoms with Crippen molar-refractivity contribution >= 4 is 11.9 Å². The first-order valence-corrected chi connectivity index (χ1v) is 12.6. The molecule has 12 nitrogen and oxygen atoms in total. The highest BCUT2D eigenvalue weighted by Gasteiger charge is 2.57. The van der Waals surface area contributed by atoms with Gasteiger partial charge in [0.15, 0.2) is 36.9 Å². The monoisotopic (exact) mass is 538 g/mol. The molecule has 0 N–H and O–H groups in total. The molecular weight excluding hydrogens is 504 g/mol. The lowest BCUT2D eigenvalue weighted by molar-refractivity contribution is -0.375. The van der Waals surface area contributed by atoms with E-state index in [-0.39, 0.29) is 13.2 Å². The molecule has 0 aliphatic carbocycles. The number of esters is 2.